The van der Waals surface area contributed by atoms with Gasteiger partial charge in [-0.1, -0.05) is 105 Å². The van der Waals surface area contributed by atoms with E-state index in [-0.39, 0.29) is 5.41 Å². The number of anilines is 5. The van der Waals surface area contributed by atoms with E-state index in [1.165, 1.54) is 49.0 Å². The first-order valence-electron chi connectivity index (χ1n) is 16.1. The van der Waals surface area contributed by atoms with Gasteiger partial charge in [0.05, 0.1) is 18.0 Å². The predicted molar refractivity (Wildman–Crippen MR) is 198 cm³/mol. The third kappa shape index (κ3) is 5.57. The predicted octanol–water partition coefficient (Wildman–Crippen LogP) is 11.4. The lowest BCUT2D eigenvalue weighted by atomic mass is 9.87. The van der Waals surface area contributed by atoms with Crippen LogP contribution in [0.1, 0.15) is 26.3 Å². The highest BCUT2D eigenvalue weighted by molar-refractivity contribution is 7.99. The zero-order valence-electron chi connectivity index (χ0n) is 26.8. The average molecular weight is 629 g/mol. The quantitative estimate of drug-likeness (QED) is 0.189. The lowest BCUT2D eigenvalue weighted by molar-refractivity contribution is 0.590. The van der Waals surface area contributed by atoms with Crippen LogP contribution >= 0.6 is 11.8 Å². The molecule has 0 amide bonds. The summed E-state index contributed by atoms with van der Waals surface area (Å²) >= 11 is 1.79. The Labute approximate surface area is 281 Å². The molecule has 5 heteroatoms. The topological polar surface area (TPSA) is 22.6 Å². The smallest absolute Gasteiger partial charge is 0.137 e. The number of nitrogens with zero attached hydrogens (tertiary/aromatic N) is 4. The van der Waals surface area contributed by atoms with Crippen LogP contribution in [0.25, 0.3) is 22.3 Å². The molecule has 2 aliphatic rings. The summed E-state index contributed by atoms with van der Waals surface area (Å²) in [6, 6.07) is 48.1. The van der Waals surface area contributed by atoms with Crippen molar-refractivity contribution in [3.63, 3.8) is 0 Å². The Morgan fingerprint density at radius 3 is 1.94 bits per heavy atom. The molecule has 3 heterocycles. The van der Waals surface area contributed by atoms with Crippen molar-refractivity contribution in [1.29, 1.82) is 0 Å². The normalized spacial score (nSPS) is 13.6. The SMILES string of the molecule is CC(C)(C)c1ccc(N2C=CN(c3cccc(Sc4ccc5c(c4)N(c4ccccn4)c4ccccc4-c4ccccc4-5)c3)C2)cc1. The van der Waals surface area contributed by atoms with E-state index < -0.39 is 0 Å². The molecule has 5 aromatic carbocycles. The van der Waals surface area contributed by atoms with Gasteiger partial charge in [0, 0.05) is 50.9 Å². The number of para-hydroxylation sites is 1. The molecule has 6 aromatic rings. The zero-order chi connectivity index (χ0) is 32.0. The molecule has 0 saturated carbocycles. The van der Waals surface area contributed by atoms with E-state index in [1.54, 1.807) is 11.8 Å². The summed E-state index contributed by atoms with van der Waals surface area (Å²) in [6.45, 7) is 7.54. The second kappa shape index (κ2) is 11.8. The molecule has 0 N–H and O–H groups in total. The van der Waals surface area contributed by atoms with Crippen LogP contribution in [0.3, 0.4) is 0 Å². The van der Waals surface area contributed by atoms with Crippen molar-refractivity contribution < 1.29 is 0 Å². The number of hydrogen-bond acceptors (Lipinski definition) is 5. The van der Waals surface area contributed by atoms with E-state index in [9.17, 15) is 0 Å². The van der Waals surface area contributed by atoms with Gasteiger partial charge in [-0.15, -0.1) is 0 Å². The van der Waals surface area contributed by atoms with E-state index in [4.69, 9.17) is 4.98 Å². The monoisotopic (exact) mass is 628 g/mol. The van der Waals surface area contributed by atoms with Crippen molar-refractivity contribution in [2.24, 2.45) is 0 Å². The fourth-order valence-electron chi connectivity index (χ4n) is 6.47. The zero-order valence-corrected chi connectivity index (χ0v) is 27.7. The summed E-state index contributed by atoms with van der Waals surface area (Å²) in [7, 11) is 0. The van der Waals surface area contributed by atoms with Crippen LogP contribution in [0.4, 0.5) is 28.6 Å². The Morgan fingerprint density at radius 1 is 0.553 bits per heavy atom. The number of pyridine rings is 1. The Bertz CT molecular complexity index is 2100. The fraction of sp³-hybridized carbons (Fsp3) is 0.119. The number of benzene rings is 5. The molecule has 0 saturated heterocycles. The highest BCUT2D eigenvalue weighted by Crippen LogP contribution is 2.51. The summed E-state index contributed by atoms with van der Waals surface area (Å²) in [5.74, 6) is 0.900. The van der Waals surface area contributed by atoms with Crippen LogP contribution in [0.15, 0.2) is 162 Å². The van der Waals surface area contributed by atoms with E-state index in [2.05, 4.69) is 175 Å². The van der Waals surface area contributed by atoms with Gasteiger partial charge in [0.25, 0.3) is 0 Å². The molecule has 0 fully saturated rings. The second-order valence-corrected chi connectivity index (χ2v) is 14.2. The van der Waals surface area contributed by atoms with Gasteiger partial charge in [-0.2, -0.15) is 0 Å². The molecule has 8 rings (SSSR count). The maximum absolute atomic E-state index is 4.82. The van der Waals surface area contributed by atoms with Gasteiger partial charge in [-0.05, 0) is 82.8 Å². The van der Waals surface area contributed by atoms with Crippen LogP contribution in [0.2, 0.25) is 0 Å². The summed E-state index contributed by atoms with van der Waals surface area (Å²) in [5, 5.41) is 0. The molecule has 0 atom stereocenters. The van der Waals surface area contributed by atoms with Gasteiger partial charge >= 0.3 is 0 Å². The van der Waals surface area contributed by atoms with Crippen molar-refractivity contribution in [3.05, 3.63) is 158 Å². The highest BCUT2D eigenvalue weighted by atomic mass is 32.2. The van der Waals surface area contributed by atoms with E-state index in [1.807, 2.05) is 12.3 Å². The fourth-order valence-corrected chi connectivity index (χ4v) is 7.37. The van der Waals surface area contributed by atoms with Crippen molar-refractivity contribution in [1.82, 2.24) is 4.98 Å². The molecule has 4 nitrogen and oxygen atoms in total. The Balaban J connectivity index is 1.11. The third-order valence-electron chi connectivity index (χ3n) is 8.92. The van der Waals surface area contributed by atoms with Gasteiger partial charge in [-0.3, -0.25) is 4.90 Å². The van der Waals surface area contributed by atoms with Gasteiger partial charge in [0.2, 0.25) is 0 Å². The first kappa shape index (κ1) is 29.2. The molecular formula is C42H36N4S. The first-order chi connectivity index (χ1) is 22.9. The lowest BCUT2D eigenvalue weighted by Crippen LogP contribution is -2.24. The van der Waals surface area contributed by atoms with Crippen molar-refractivity contribution in [2.75, 3.05) is 21.4 Å². The number of aromatic nitrogens is 1. The van der Waals surface area contributed by atoms with Crippen LogP contribution < -0.4 is 14.7 Å². The maximum atomic E-state index is 4.82. The van der Waals surface area contributed by atoms with E-state index in [0.29, 0.717) is 0 Å². The second-order valence-electron chi connectivity index (χ2n) is 13.0. The molecule has 0 unspecified atom stereocenters. The summed E-state index contributed by atoms with van der Waals surface area (Å²) < 4.78 is 0. The lowest BCUT2D eigenvalue weighted by Gasteiger charge is -2.26. The number of hydrogen-bond donors (Lipinski definition) is 0. The average Bonchev–Trinajstić information content (AvgIpc) is 3.56. The van der Waals surface area contributed by atoms with Gasteiger partial charge in [-0.25, -0.2) is 4.98 Å². The molecule has 2 aliphatic heterocycles. The largest absolute Gasteiger partial charge is 0.328 e. The third-order valence-corrected chi connectivity index (χ3v) is 9.90. The van der Waals surface area contributed by atoms with Crippen LogP contribution in [-0.2, 0) is 5.41 Å². The van der Waals surface area contributed by atoms with Crippen molar-refractivity contribution >= 4 is 40.3 Å². The van der Waals surface area contributed by atoms with Crippen LogP contribution in [0.5, 0.6) is 0 Å². The summed E-state index contributed by atoms with van der Waals surface area (Å²) in [4.78, 5) is 14.1. The van der Waals surface area contributed by atoms with Gasteiger partial charge < -0.3 is 9.80 Å². The summed E-state index contributed by atoms with van der Waals surface area (Å²) in [6.07, 6.45) is 6.21. The number of fused-ring (bicyclic) bond motifs is 5. The molecule has 230 valence electrons. The molecule has 0 radical (unpaired) electrons. The van der Waals surface area contributed by atoms with Gasteiger partial charge in [0.15, 0.2) is 0 Å². The molecule has 47 heavy (non-hydrogen) atoms. The summed E-state index contributed by atoms with van der Waals surface area (Å²) in [5.41, 5.74) is 11.0. The highest BCUT2D eigenvalue weighted by Gasteiger charge is 2.27. The molecule has 0 bridgehead atoms. The Kier molecular flexibility index (Phi) is 7.34. The van der Waals surface area contributed by atoms with E-state index in [0.717, 1.165) is 23.9 Å². The first-order valence-corrected chi connectivity index (χ1v) is 16.9. The minimum Gasteiger partial charge on any atom is -0.328 e. The molecular weight excluding hydrogens is 593 g/mol. The Morgan fingerprint density at radius 2 is 1.21 bits per heavy atom. The van der Waals surface area contributed by atoms with Crippen LogP contribution in [-0.4, -0.2) is 11.7 Å². The molecule has 1 aromatic heterocycles. The minimum absolute atomic E-state index is 0.145. The molecule has 0 aliphatic carbocycles. The number of rotatable bonds is 5. The van der Waals surface area contributed by atoms with Gasteiger partial charge in [0.1, 0.15) is 5.82 Å². The van der Waals surface area contributed by atoms with Crippen LogP contribution in [0, 0.1) is 0 Å². The van der Waals surface area contributed by atoms with Crippen molar-refractivity contribution in [2.45, 2.75) is 36.0 Å². The maximum Gasteiger partial charge on any atom is 0.137 e. The van der Waals surface area contributed by atoms with E-state index >= 15 is 0 Å². The molecule has 0 spiro atoms. The Hall–Kier alpha value is -5.26. The van der Waals surface area contributed by atoms with Crippen molar-refractivity contribution in [3.8, 4) is 22.3 Å². The standard InChI is InChI=1S/C42H36N4S/c1-42(2,3)30-18-20-31(21-19-30)44-25-26-45(29-44)32-11-10-12-33(27-32)47-34-22-23-38-36-14-5-4-13-35(36)37-15-6-7-16-39(37)46(40(38)28-34)41-17-8-9-24-43-41/h4-28H,29H2,1-3H3. The minimum atomic E-state index is 0.145.